The Balaban J connectivity index is 1.71. The predicted molar refractivity (Wildman–Crippen MR) is 103 cm³/mol. The molecule has 0 fully saturated rings. The molecule has 0 bridgehead atoms. The van der Waals surface area contributed by atoms with E-state index in [4.69, 9.17) is 37.4 Å². The first kappa shape index (κ1) is 18.6. The van der Waals surface area contributed by atoms with Crippen molar-refractivity contribution < 1.29 is 19.0 Å². The van der Waals surface area contributed by atoms with Crippen molar-refractivity contribution >= 4 is 55.8 Å². The number of thiazole rings is 1. The van der Waals surface area contributed by atoms with Crippen LogP contribution in [-0.4, -0.2) is 31.7 Å². The van der Waals surface area contributed by atoms with Crippen LogP contribution in [0.2, 0.25) is 10.0 Å². The molecule has 0 spiro atoms. The third-order valence-electron chi connectivity index (χ3n) is 3.39. The fourth-order valence-electron chi connectivity index (χ4n) is 2.19. The van der Waals surface area contributed by atoms with Gasteiger partial charge in [0.2, 0.25) is 0 Å². The summed E-state index contributed by atoms with van der Waals surface area (Å²) < 4.78 is 16.8. The van der Waals surface area contributed by atoms with Crippen LogP contribution in [0.1, 0.15) is 0 Å². The van der Waals surface area contributed by atoms with Gasteiger partial charge in [-0.05, 0) is 24.3 Å². The number of methoxy groups -OCH3 is 2. The Hall–Kier alpha value is -2.22. The summed E-state index contributed by atoms with van der Waals surface area (Å²) >= 11 is 13.1. The van der Waals surface area contributed by atoms with Crippen molar-refractivity contribution in [3.05, 3.63) is 40.4 Å². The van der Waals surface area contributed by atoms with Gasteiger partial charge in [-0.25, -0.2) is 4.98 Å². The average molecular weight is 413 g/mol. The van der Waals surface area contributed by atoms with Crippen LogP contribution in [-0.2, 0) is 4.79 Å². The van der Waals surface area contributed by atoms with Crippen LogP contribution in [0.25, 0.3) is 10.2 Å². The largest absolute Gasteiger partial charge is 0.497 e. The summed E-state index contributed by atoms with van der Waals surface area (Å²) in [5.41, 5.74) is 0.648. The zero-order valence-corrected chi connectivity index (χ0v) is 16.2. The smallest absolute Gasteiger partial charge is 0.264 e. The number of hydrogen-bond donors (Lipinski definition) is 1. The van der Waals surface area contributed by atoms with Crippen LogP contribution in [0.15, 0.2) is 30.3 Å². The highest BCUT2D eigenvalue weighted by Gasteiger charge is 2.14. The summed E-state index contributed by atoms with van der Waals surface area (Å²) in [7, 11) is 3.12. The number of carbonyl (C=O) groups excluding carboxylic acids is 1. The van der Waals surface area contributed by atoms with Gasteiger partial charge in [0.1, 0.15) is 22.8 Å². The van der Waals surface area contributed by atoms with Crippen LogP contribution in [0.3, 0.4) is 0 Å². The fourth-order valence-corrected chi connectivity index (χ4v) is 3.58. The molecule has 0 saturated heterocycles. The van der Waals surface area contributed by atoms with E-state index in [9.17, 15) is 4.79 Å². The van der Waals surface area contributed by atoms with Crippen LogP contribution >= 0.6 is 34.5 Å². The summed E-state index contributed by atoms with van der Waals surface area (Å²) in [4.78, 5) is 16.5. The van der Waals surface area contributed by atoms with Gasteiger partial charge in [0.15, 0.2) is 11.7 Å². The molecule has 1 N–H and O–H groups in total. The highest BCUT2D eigenvalue weighted by atomic mass is 35.5. The van der Waals surface area contributed by atoms with E-state index in [-0.39, 0.29) is 12.5 Å². The van der Waals surface area contributed by atoms with Crippen molar-refractivity contribution in [3.8, 4) is 17.2 Å². The molecule has 136 valence electrons. The van der Waals surface area contributed by atoms with Gasteiger partial charge in [0.25, 0.3) is 5.91 Å². The number of ether oxygens (including phenoxy) is 3. The molecule has 3 rings (SSSR count). The number of fused-ring (bicyclic) bond motifs is 1. The van der Waals surface area contributed by atoms with Crippen LogP contribution in [0.4, 0.5) is 5.13 Å². The van der Waals surface area contributed by atoms with Crippen molar-refractivity contribution in [3.63, 3.8) is 0 Å². The maximum atomic E-state index is 12.1. The molecule has 0 saturated carbocycles. The summed E-state index contributed by atoms with van der Waals surface area (Å²) in [6.07, 6.45) is 0. The predicted octanol–water partition coefficient (Wildman–Crippen LogP) is 4.64. The van der Waals surface area contributed by atoms with E-state index in [0.29, 0.717) is 37.9 Å². The first-order valence-electron chi connectivity index (χ1n) is 7.40. The van der Waals surface area contributed by atoms with Crippen molar-refractivity contribution in [2.24, 2.45) is 0 Å². The maximum absolute atomic E-state index is 12.1. The van der Waals surface area contributed by atoms with E-state index < -0.39 is 0 Å². The lowest BCUT2D eigenvalue weighted by Crippen LogP contribution is -2.20. The summed E-state index contributed by atoms with van der Waals surface area (Å²) in [6.45, 7) is -0.211. The van der Waals surface area contributed by atoms with Crippen LogP contribution in [0.5, 0.6) is 17.2 Å². The molecule has 3 aromatic rings. The topological polar surface area (TPSA) is 69.7 Å². The van der Waals surface area contributed by atoms with Crippen molar-refractivity contribution in [1.82, 2.24) is 4.98 Å². The third-order valence-corrected chi connectivity index (χ3v) is 4.84. The Morgan fingerprint density at radius 3 is 2.65 bits per heavy atom. The number of aromatic nitrogens is 1. The quantitative estimate of drug-likeness (QED) is 0.638. The molecule has 1 heterocycles. The minimum absolute atomic E-state index is 0.211. The van der Waals surface area contributed by atoms with Gasteiger partial charge in [-0.1, -0.05) is 34.5 Å². The molecule has 0 atom stereocenters. The highest BCUT2D eigenvalue weighted by molar-refractivity contribution is 7.22. The van der Waals surface area contributed by atoms with Crippen molar-refractivity contribution in [2.45, 2.75) is 0 Å². The number of hydrogen-bond acceptors (Lipinski definition) is 6. The molecule has 0 aliphatic heterocycles. The number of rotatable bonds is 6. The molecular formula is C17H14Cl2N2O4S. The number of carbonyl (C=O) groups is 1. The van der Waals surface area contributed by atoms with Crippen molar-refractivity contribution in [1.29, 1.82) is 0 Å². The van der Waals surface area contributed by atoms with Crippen molar-refractivity contribution in [2.75, 3.05) is 26.1 Å². The number of amides is 1. The van der Waals surface area contributed by atoms with Gasteiger partial charge in [-0.3, -0.25) is 10.1 Å². The van der Waals surface area contributed by atoms with Gasteiger partial charge in [0.05, 0.1) is 23.9 Å². The molecule has 6 nitrogen and oxygen atoms in total. The number of halogens is 2. The second kappa shape index (κ2) is 7.99. The van der Waals surface area contributed by atoms with E-state index in [0.717, 1.165) is 4.70 Å². The van der Waals surface area contributed by atoms with Gasteiger partial charge in [-0.2, -0.15) is 0 Å². The van der Waals surface area contributed by atoms with Crippen LogP contribution in [0, 0.1) is 0 Å². The van der Waals surface area contributed by atoms with Gasteiger partial charge in [-0.15, -0.1) is 0 Å². The Bertz CT molecular complexity index is 961. The Morgan fingerprint density at radius 1 is 1.15 bits per heavy atom. The first-order chi connectivity index (χ1) is 12.5. The maximum Gasteiger partial charge on any atom is 0.264 e. The summed E-state index contributed by atoms with van der Waals surface area (Å²) in [5, 5.41) is 3.96. The SMILES string of the molecule is COc1cc(OC)c2nc(NC(=O)COc3ccc(Cl)cc3Cl)sc2c1. The molecule has 0 aliphatic rings. The minimum Gasteiger partial charge on any atom is -0.497 e. The number of anilines is 1. The molecule has 0 unspecified atom stereocenters. The van der Waals surface area contributed by atoms with E-state index in [1.807, 2.05) is 6.07 Å². The van der Waals surface area contributed by atoms with E-state index in [1.165, 1.54) is 11.3 Å². The molecule has 1 amide bonds. The minimum atomic E-state index is -0.360. The zero-order chi connectivity index (χ0) is 18.7. The third kappa shape index (κ3) is 4.12. The molecular weight excluding hydrogens is 399 g/mol. The second-order valence-electron chi connectivity index (χ2n) is 5.11. The lowest BCUT2D eigenvalue weighted by molar-refractivity contribution is -0.118. The second-order valence-corrected chi connectivity index (χ2v) is 6.98. The van der Waals surface area contributed by atoms with Crippen LogP contribution < -0.4 is 19.5 Å². The molecule has 0 aliphatic carbocycles. The Labute approximate surface area is 163 Å². The van der Waals surface area contributed by atoms with E-state index >= 15 is 0 Å². The summed E-state index contributed by atoms with van der Waals surface area (Å²) in [6, 6.07) is 8.35. The monoisotopic (exact) mass is 412 g/mol. The molecule has 2 aromatic carbocycles. The number of nitrogens with one attached hydrogen (secondary N) is 1. The Morgan fingerprint density at radius 2 is 1.96 bits per heavy atom. The lowest BCUT2D eigenvalue weighted by atomic mass is 10.3. The molecule has 26 heavy (non-hydrogen) atoms. The van der Waals surface area contributed by atoms with Gasteiger partial charge in [0, 0.05) is 11.1 Å². The number of nitrogens with zero attached hydrogens (tertiary/aromatic N) is 1. The molecule has 9 heteroatoms. The fraction of sp³-hybridized carbons (Fsp3) is 0.176. The average Bonchev–Trinajstić information content (AvgIpc) is 3.02. The first-order valence-corrected chi connectivity index (χ1v) is 8.97. The molecule has 1 aromatic heterocycles. The number of benzene rings is 2. The highest BCUT2D eigenvalue weighted by Crippen LogP contribution is 2.36. The zero-order valence-electron chi connectivity index (χ0n) is 13.8. The lowest BCUT2D eigenvalue weighted by Gasteiger charge is -2.07. The van der Waals surface area contributed by atoms with Gasteiger partial charge < -0.3 is 14.2 Å². The normalized spacial score (nSPS) is 10.6. The van der Waals surface area contributed by atoms with E-state index in [1.54, 1.807) is 38.5 Å². The standard InChI is InChI=1S/C17H14Cl2N2O4S/c1-23-10-6-13(24-2)16-14(7-10)26-17(21-16)20-15(22)8-25-12-4-3-9(18)5-11(12)19/h3-7H,8H2,1-2H3,(H,20,21,22). The Kier molecular flexibility index (Phi) is 5.70. The van der Waals surface area contributed by atoms with E-state index in [2.05, 4.69) is 10.3 Å². The summed E-state index contributed by atoms with van der Waals surface area (Å²) in [5.74, 6) is 1.24. The molecule has 0 radical (unpaired) electrons. The van der Waals surface area contributed by atoms with Gasteiger partial charge >= 0.3 is 0 Å².